The zero-order chi connectivity index (χ0) is 18.3. The van der Waals surface area contributed by atoms with Gasteiger partial charge in [0.25, 0.3) is 10.0 Å². The lowest BCUT2D eigenvalue weighted by molar-refractivity contribution is 0.107. The predicted octanol–water partition coefficient (Wildman–Crippen LogP) is 2.62. The van der Waals surface area contributed by atoms with E-state index in [9.17, 15) is 17.2 Å². The molecule has 0 saturated heterocycles. The van der Waals surface area contributed by atoms with Gasteiger partial charge in [0, 0.05) is 18.9 Å². The van der Waals surface area contributed by atoms with Crippen LogP contribution in [0.15, 0.2) is 47.1 Å². The predicted molar refractivity (Wildman–Crippen MR) is 87.8 cm³/mol. The van der Waals surface area contributed by atoms with Crippen LogP contribution in [-0.4, -0.2) is 31.9 Å². The summed E-state index contributed by atoms with van der Waals surface area (Å²) in [5.41, 5.74) is 5.28. The van der Waals surface area contributed by atoms with Crippen molar-refractivity contribution in [3.05, 3.63) is 53.8 Å². The van der Waals surface area contributed by atoms with Crippen molar-refractivity contribution in [2.24, 2.45) is 10.7 Å². The second-order valence-corrected chi connectivity index (χ2v) is 6.44. The molecule has 132 valence electrons. The van der Waals surface area contributed by atoms with Gasteiger partial charge in [-0.1, -0.05) is 18.2 Å². The molecule has 0 atom stereocenters. The maximum Gasteiger partial charge on any atom is 0.270 e. The highest BCUT2D eigenvalue weighted by atomic mass is 35.5. The van der Waals surface area contributed by atoms with Crippen LogP contribution in [0.2, 0.25) is 5.02 Å². The molecular weight excluding hydrogens is 364 g/mol. The highest BCUT2D eigenvalue weighted by Gasteiger charge is 2.30. The zero-order valence-corrected chi connectivity index (χ0v) is 14.3. The number of halogens is 3. The Balaban J connectivity index is 3.53. The summed E-state index contributed by atoms with van der Waals surface area (Å²) in [5.74, 6) is -2.54. The van der Waals surface area contributed by atoms with Gasteiger partial charge in [-0.15, -0.1) is 0 Å². The summed E-state index contributed by atoms with van der Waals surface area (Å²) in [6, 6.07) is 1.06. The molecule has 0 spiro atoms. The summed E-state index contributed by atoms with van der Waals surface area (Å²) in [7, 11) is -4.49. The summed E-state index contributed by atoms with van der Waals surface area (Å²) in [4.78, 5) is 2.96. The number of ether oxygens (including phenoxy) is 1. The van der Waals surface area contributed by atoms with E-state index in [2.05, 4.69) is 11.6 Å². The number of nitrogens with two attached hydrogens (primary N) is 1. The molecule has 0 aliphatic carbocycles. The molecule has 0 aliphatic heterocycles. The summed E-state index contributed by atoms with van der Waals surface area (Å²) in [6.07, 6.45) is 3.30. The third-order valence-corrected chi connectivity index (χ3v) is 4.71. The molecule has 1 aromatic rings. The summed E-state index contributed by atoms with van der Waals surface area (Å²) >= 11 is 5.57. The van der Waals surface area contributed by atoms with E-state index in [0.717, 1.165) is 12.4 Å². The number of hydrogen-bond acceptors (Lipinski definition) is 5. The van der Waals surface area contributed by atoms with Crippen LogP contribution in [0.4, 0.5) is 8.78 Å². The lowest BCUT2D eigenvalue weighted by atomic mass is 10.3. The first-order valence-corrected chi connectivity index (χ1v) is 8.43. The first-order chi connectivity index (χ1) is 11.3. The van der Waals surface area contributed by atoms with Crippen LogP contribution in [0.5, 0.6) is 0 Å². The number of aliphatic imine (C=N–C) groups is 1. The molecule has 2 N–H and O–H groups in total. The average molecular weight is 380 g/mol. The Morgan fingerprint density at radius 2 is 2.12 bits per heavy atom. The molecule has 0 fully saturated rings. The van der Waals surface area contributed by atoms with Gasteiger partial charge in [0.15, 0.2) is 0 Å². The Bertz CT molecular complexity index is 767. The Labute approximate surface area is 143 Å². The van der Waals surface area contributed by atoms with Crippen LogP contribution in [0.25, 0.3) is 0 Å². The second-order valence-electron chi connectivity index (χ2n) is 4.20. The molecule has 0 aromatic heterocycles. The summed E-state index contributed by atoms with van der Waals surface area (Å²) in [5, 5.41) is -0.539. The van der Waals surface area contributed by atoms with Gasteiger partial charge < -0.3 is 10.5 Å². The van der Waals surface area contributed by atoms with Crippen LogP contribution in [0, 0.1) is 11.6 Å². The van der Waals surface area contributed by atoms with Crippen molar-refractivity contribution in [3.8, 4) is 0 Å². The van der Waals surface area contributed by atoms with Crippen molar-refractivity contribution in [2.75, 3.05) is 13.3 Å². The molecule has 1 aromatic carbocycles. The van der Waals surface area contributed by atoms with Crippen molar-refractivity contribution >= 4 is 27.5 Å². The van der Waals surface area contributed by atoms with Gasteiger partial charge in [-0.25, -0.2) is 26.5 Å². The van der Waals surface area contributed by atoms with E-state index in [-0.39, 0.29) is 12.4 Å². The molecule has 1 rings (SSSR count). The van der Waals surface area contributed by atoms with E-state index < -0.39 is 38.3 Å². The maximum absolute atomic E-state index is 14.0. The lowest BCUT2D eigenvalue weighted by Gasteiger charge is -2.24. The molecule has 0 heterocycles. The fraction of sp³-hybridized carbons (Fsp3) is 0.214. The SMILES string of the molecule is C=C/N=C(\C=C/N)N(COCC)S(=O)(=O)c1cc(Cl)c(F)cc1F. The van der Waals surface area contributed by atoms with Crippen molar-refractivity contribution in [1.29, 1.82) is 0 Å². The summed E-state index contributed by atoms with van der Waals surface area (Å²) in [6.45, 7) is 4.74. The van der Waals surface area contributed by atoms with E-state index in [1.807, 2.05) is 0 Å². The van der Waals surface area contributed by atoms with Gasteiger partial charge in [-0.05, 0) is 25.3 Å². The van der Waals surface area contributed by atoms with E-state index in [4.69, 9.17) is 22.1 Å². The highest BCUT2D eigenvalue weighted by Crippen LogP contribution is 2.26. The fourth-order valence-electron chi connectivity index (χ4n) is 1.62. The monoisotopic (exact) mass is 379 g/mol. The summed E-state index contributed by atoms with van der Waals surface area (Å²) < 4.78 is 58.5. The van der Waals surface area contributed by atoms with E-state index in [1.54, 1.807) is 6.92 Å². The molecule has 0 bridgehead atoms. The first kappa shape index (κ1) is 20.1. The minimum Gasteiger partial charge on any atom is -0.404 e. The number of benzene rings is 1. The Morgan fingerprint density at radius 3 is 2.67 bits per heavy atom. The maximum atomic E-state index is 14.0. The minimum absolute atomic E-state index is 0.166. The Morgan fingerprint density at radius 1 is 1.46 bits per heavy atom. The number of sulfonamides is 1. The van der Waals surface area contributed by atoms with Crippen LogP contribution >= 0.6 is 11.6 Å². The van der Waals surface area contributed by atoms with Gasteiger partial charge >= 0.3 is 0 Å². The smallest absolute Gasteiger partial charge is 0.270 e. The van der Waals surface area contributed by atoms with Crippen molar-refractivity contribution in [2.45, 2.75) is 11.8 Å². The van der Waals surface area contributed by atoms with Crippen molar-refractivity contribution in [1.82, 2.24) is 4.31 Å². The number of nitrogens with zero attached hydrogens (tertiary/aromatic N) is 2. The highest BCUT2D eigenvalue weighted by molar-refractivity contribution is 7.89. The molecule has 0 unspecified atom stereocenters. The van der Waals surface area contributed by atoms with Crippen molar-refractivity contribution in [3.63, 3.8) is 0 Å². The lowest BCUT2D eigenvalue weighted by Crippen LogP contribution is -2.38. The third kappa shape index (κ3) is 4.53. The van der Waals surface area contributed by atoms with Gasteiger partial charge in [0.05, 0.1) is 5.02 Å². The molecule has 0 aliphatic rings. The van der Waals surface area contributed by atoms with Gasteiger partial charge in [0.1, 0.15) is 29.1 Å². The van der Waals surface area contributed by atoms with Gasteiger partial charge in [0.2, 0.25) is 0 Å². The zero-order valence-electron chi connectivity index (χ0n) is 12.7. The number of hydrogen-bond donors (Lipinski definition) is 1. The normalized spacial score (nSPS) is 12.6. The van der Waals surface area contributed by atoms with Crippen molar-refractivity contribution < 1.29 is 21.9 Å². The average Bonchev–Trinajstić information content (AvgIpc) is 2.51. The fourth-order valence-corrected chi connectivity index (χ4v) is 3.23. The largest absolute Gasteiger partial charge is 0.404 e. The van der Waals surface area contributed by atoms with Crippen LogP contribution in [-0.2, 0) is 14.8 Å². The molecule has 0 radical (unpaired) electrons. The Kier molecular flexibility index (Phi) is 7.33. The molecular formula is C14H16ClF2N3O3S. The van der Waals surface area contributed by atoms with Crippen LogP contribution in [0.1, 0.15) is 6.92 Å². The molecule has 0 saturated carbocycles. The quantitative estimate of drug-likeness (QED) is 0.341. The number of amidine groups is 1. The van der Waals surface area contributed by atoms with Gasteiger partial charge in [-0.2, -0.15) is 0 Å². The standard InChI is InChI=1S/C14H16ClF2N3O3S/c1-3-19-14(5-6-18)20(9-23-4-2)24(21,22)13-7-10(15)11(16)8-12(13)17/h3,5-8H,1,4,9,18H2,2H3/b6-5-,19-14+. The molecule has 24 heavy (non-hydrogen) atoms. The second kappa shape index (κ2) is 8.76. The Hall–Kier alpha value is -1.97. The third-order valence-electron chi connectivity index (χ3n) is 2.68. The molecule has 10 heteroatoms. The number of rotatable bonds is 7. The molecule has 6 nitrogen and oxygen atoms in total. The van der Waals surface area contributed by atoms with Gasteiger partial charge in [-0.3, -0.25) is 0 Å². The van der Waals surface area contributed by atoms with E-state index in [0.29, 0.717) is 16.4 Å². The van der Waals surface area contributed by atoms with E-state index >= 15 is 0 Å². The minimum atomic E-state index is -4.49. The molecule has 0 amide bonds. The van der Waals surface area contributed by atoms with Crippen LogP contribution < -0.4 is 5.73 Å². The van der Waals surface area contributed by atoms with E-state index in [1.165, 1.54) is 6.08 Å². The topological polar surface area (TPSA) is 85.0 Å². The first-order valence-electron chi connectivity index (χ1n) is 6.61. The van der Waals surface area contributed by atoms with Crippen LogP contribution in [0.3, 0.4) is 0 Å².